The van der Waals surface area contributed by atoms with Crippen molar-refractivity contribution in [2.24, 2.45) is 11.5 Å². The van der Waals surface area contributed by atoms with Gasteiger partial charge in [-0.25, -0.2) is 4.68 Å². The normalized spacial score (nSPS) is 17.6. The van der Waals surface area contributed by atoms with E-state index in [1.807, 2.05) is 62.3 Å². The molecule has 15 nitrogen and oxygen atoms in total. The Morgan fingerprint density at radius 1 is 0.836 bits per heavy atom. The Labute approximate surface area is 327 Å². The lowest BCUT2D eigenvalue weighted by molar-refractivity contribution is -0.136. The third-order valence-corrected chi connectivity index (χ3v) is 12.5. The molecule has 7 N–H and O–H groups in total. The molecule has 2 aliphatic rings. The number of nitrogens with one attached hydrogen (secondary N) is 3. The Balaban J connectivity index is 1.12. The Morgan fingerprint density at radius 2 is 1.36 bits per heavy atom. The molecule has 0 bridgehead atoms. The molecule has 0 saturated heterocycles. The van der Waals surface area contributed by atoms with Gasteiger partial charge in [0.1, 0.15) is 22.4 Å². The maximum absolute atomic E-state index is 13.7. The van der Waals surface area contributed by atoms with Crippen molar-refractivity contribution >= 4 is 56.3 Å². The molecule has 0 aliphatic carbocycles. The molecule has 0 unspecified atom stereocenters. The number of amides is 4. The van der Waals surface area contributed by atoms with E-state index >= 15 is 0 Å². The van der Waals surface area contributed by atoms with Crippen LogP contribution in [0.2, 0.25) is 0 Å². The molecule has 55 heavy (non-hydrogen) atoms. The predicted molar refractivity (Wildman–Crippen MR) is 210 cm³/mol. The van der Waals surface area contributed by atoms with E-state index in [1.54, 1.807) is 17.1 Å². The van der Waals surface area contributed by atoms with Crippen LogP contribution >= 0.6 is 22.7 Å². The van der Waals surface area contributed by atoms with Crippen LogP contribution in [0.3, 0.4) is 0 Å². The fourth-order valence-electron chi connectivity index (χ4n) is 7.87. The smallest absolute Gasteiger partial charge is 0.277 e. The molecule has 17 heteroatoms. The van der Waals surface area contributed by atoms with Crippen molar-refractivity contribution in [1.82, 2.24) is 20.0 Å². The number of aromatic amines is 1. The number of anilines is 2. The van der Waals surface area contributed by atoms with Crippen LogP contribution in [0.25, 0.3) is 0 Å². The van der Waals surface area contributed by atoms with Gasteiger partial charge in [0.25, 0.3) is 23.6 Å². The summed E-state index contributed by atoms with van der Waals surface area (Å²) >= 11 is 2.58. The Kier molecular flexibility index (Phi) is 10.7. The zero-order valence-electron chi connectivity index (χ0n) is 32.8. The second-order valence-corrected chi connectivity index (χ2v) is 18.4. The van der Waals surface area contributed by atoms with Gasteiger partial charge in [0.05, 0.1) is 46.3 Å². The molecule has 296 valence electrons. The van der Waals surface area contributed by atoms with Gasteiger partial charge in [-0.15, -0.1) is 22.7 Å². The fraction of sp³-hybridized carbons (Fsp3) is 0.526. The summed E-state index contributed by atoms with van der Waals surface area (Å²) in [5, 5.41) is 17.9. The highest BCUT2D eigenvalue weighted by Crippen LogP contribution is 2.49. The minimum Gasteiger partial charge on any atom is -0.365 e. The molecule has 4 aromatic heterocycles. The second kappa shape index (κ2) is 14.6. The monoisotopic (exact) mass is 794 g/mol. The van der Waals surface area contributed by atoms with Gasteiger partial charge in [0.2, 0.25) is 0 Å². The van der Waals surface area contributed by atoms with Crippen molar-refractivity contribution in [1.29, 1.82) is 0 Å². The Hall–Kier alpha value is -4.42. The lowest BCUT2D eigenvalue weighted by atomic mass is 9.86. The van der Waals surface area contributed by atoms with E-state index < -0.39 is 46.0 Å². The standard InChI is InChI=1S/C38H50N8O7S2/c1-10-11-20-17-46(45-26(20)32(50)43-34-24(30(40)48)22-15-36(4,5)53-38(8,9)28(22)55-34)18-51-13-12-19-16-41-44-25(19)31(49)42-33-23(29(39)47)21-14-35(2,3)52-37(6,7)27(21)54-33/h16-17H,10-15,18H2,1-9H3,(H2,39,47)(H2,40,48)(H,41,44)(H,42,49)(H,43,50). The minimum absolute atomic E-state index is 0.0424. The van der Waals surface area contributed by atoms with Gasteiger partial charge in [-0.05, 0) is 79.4 Å². The van der Waals surface area contributed by atoms with Crippen LogP contribution in [-0.4, -0.2) is 61.4 Å². The maximum Gasteiger partial charge on any atom is 0.277 e. The molecule has 2 aliphatic heterocycles. The second-order valence-electron chi connectivity index (χ2n) is 16.3. The number of aryl methyl sites for hydroxylation is 1. The minimum atomic E-state index is -0.676. The number of carbonyl (C=O) groups is 4. The number of rotatable bonds is 13. The molecular weight excluding hydrogens is 745 g/mol. The zero-order chi connectivity index (χ0) is 40.2. The number of carbonyl (C=O) groups excluding carboxylic acids is 4. The van der Waals surface area contributed by atoms with E-state index in [0.717, 1.165) is 32.9 Å². The van der Waals surface area contributed by atoms with Crippen molar-refractivity contribution in [2.45, 2.75) is 124 Å². The number of nitrogens with zero attached hydrogens (tertiary/aromatic N) is 3. The van der Waals surface area contributed by atoms with Crippen LogP contribution in [0.1, 0.15) is 142 Å². The van der Waals surface area contributed by atoms with Crippen LogP contribution in [0, 0.1) is 0 Å². The number of nitrogens with two attached hydrogens (primary N) is 2. The van der Waals surface area contributed by atoms with E-state index in [0.29, 0.717) is 52.4 Å². The molecule has 0 fully saturated rings. The van der Waals surface area contributed by atoms with E-state index in [9.17, 15) is 19.2 Å². The number of H-pyrrole nitrogens is 1. The van der Waals surface area contributed by atoms with Crippen LogP contribution in [0.15, 0.2) is 12.4 Å². The van der Waals surface area contributed by atoms with Crippen molar-refractivity contribution in [2.75, 3.05) is 17.2 Å². The number of fused-ring (bicyclic) bond motifs is 2. The van der Waals surface area contributed by atoms with Gasteiger partial charge >= 0.3 is 0 Å². The molecule has 4 aromatic rings. The van der Waals surface area contributed by atoms with Gasteiger partial charge in [0, 0.05) is 39.9 Å². The third-order valence-electron chi connectivity index (χ3n) is 9.58. The number of aromatic nitrogens is 4. The number of ether oxygens (including phenoxy) is 3. The van der Waals surface area contributed by atoms with Gasteiger partial charge in [0.15, 0.2) is 5.69 Å². The van der Waals surface area contributed by atoms with Crippen molar-refractivity contribution in [3.63, 3.8) is 0 Å². The summed E-state index contributed by atoms with van der Waals surface area (Å²) in [6, 6.07) is 0. The van der Waals surface area contributed by atoms with Crippen molar-refractivity contribution < 1.29 is 33.4 Å². The largest absolute Gasteiger partial charge is 0.365 e. The number of thiophene rings is 2. The molecule has 6 heterocycles. The fourth-order valence-corrected chi connectivity index (χ4v) is 10.4. The number of hydrogen-bond acceptors (Lipinski definition) is 11. The summed E-state index contributed by atoms with van der Waals surface area (Å²) in [6.07, 6.45) is 5.99. The van der Waals surface area contributed by atoms with E-state index in [1.165, 1.54) is 22.7 Å². The summed E-state index contributed by atoms with van der Waals surface area (Å²) in [6.45, 7) is 17.9. The maximum atomic E-state index is 13.7. The highest BCUT2D eigenvalue weighted by atomic mass is 32.1. The number of primary amides is 2. The molecule has 4 amide bonds. The summed E-state index contributed by atoms with van der Waals surface area (Å²) < 4.78 is 20.1. The summed E-state index contributed by atoms with van der Waals surface area (Å²) in [5.41, 5.74) is 13.3. The average molecular weight is 795 g/mol. The highest BCUT2D eigenvalue weighted by Gasteiger charge is 2.44. The first kappa shape index (κ1) is 40.2. The van der Waals surface area contributed by atoms with Crippen LogP contribution in [-0.2, 0) is 57.8 Å². The van der Waals surface area contributed by atoms with Gasteiger partial charge in [-0.1, -0.05) is 13.3 Å². The molecule has 6 rings (SSSR count). The van der Waals surface area contributed by atoms with Crippen LogP contribution in [0.5, 0.6) is 0 Å². The summed E-state index contributed by atoms with van der Waals surface area (Å²) in [5.74, 6) is -2.16. The molecule has 0 aromatic carbocycles. The van der Waals surface area contributed by atoms with Gasteiger partial charge < -0.3 is 36.3 Å². The SMILES string of the molecule is CCCc1cn(COCCc2cn[nH]c2C(=O)Nc2sc3c(c2C(N)=O)CC(C)(C)OC3(C)C)nc1C(=O)Nc1sc2c(c1C(N)=O)CC(C)(C)OC2(C)C. The molecule has 0 spiro atoms. The van der Waals surface area contributed by atoms with Gasteiger partial charge in [-0.3, -0.25) is 24.3 Å². The summed E-state index contributed by atoms with van der Waals surface area (Å²) in [7, 11) is 0. The lowest BCUT2D eigenvalue weighted by Gasteiger charge is -2.41. The highest BCUT2D eigenvalue weighted by molar-refractivity contribution is 7.17. The first-order chi connectivity index (χ1) is 25.6. The summed E-state index contributed by atoms with van der Waals surface area (Å²) in [4.78, 5) is 54.3. The molecule has 0 saturated carbocycles. The first-order valence-electron chi connectivity index (χ1n) is 18.2. The van der Waals surface area contributed by atoms with Gasteiger partial charge in [-0.2, -0.15) is 10.2 Å². The van der Waals surface area contributed by atoms with Crippen LogP contribution in [0.4, 0.5) is 10.0 Å². The van der Waals surface area contributed by atoms with E-state index in [-0.39, 0.29) is 24.7 Å². The first-order valence-corrected chi connectivity index (χ1v) is 19.9. The topological polar surface area (TPSA) is 219 Å². The zero-order valence-corrected chi connectivity index (χ0v) is 34.4. The van der Waals surface area contributed by atoms with E-state index in [4.69, 9.17) is 25.7 Å². The molecule has 0 atom stereocenters. The third kappa shape index (κ3) is 8.12. The Bertz CT molecular complexity index is 2170. The Morgan fingerprint density at radius 3 is 1.87 bits per heavy atom. The van der Waals surface area contributed by atoms with Crippen molar-refractivity contribution in [3.8, 4) is 0 Å². The lowest BCUT2D eigenvalue weighted by Crippen LogP contribution is -2.42. The molecular formula is C38H50N8O7S2. The van der Waals surface area contributed by atoms with Crippen LogP contribution < -0.4 is 22.1 Å². The quantitative estimate of drug-likeness (QED) is 0.104. The van der Waals surface area contributed by atoms with Crippen molar-refractivity contribution in [3.05, 3.63) is 66.9 Å². The average Bonchev–Trinajstić information content (AvgIpc) is 3.82. The van der Waals surface area contributed by atoms with E-state index in [2.05, 4.69) is 25.9 Å². The molecule has 0 radical (unpaired) electrons. The number of hydrogen-bond donors (Lipinski definition) is 5. The predicted octanol–water partition coefficient (Wildman–Crippen LogP) is 5.77.